The molecule has 0 aliphatic rings. The van der Waals surface area contributed by atoms with Crippen molar-refractivity contribution in [2.45, 2.75) is 13.2 Å². The molecule has 0 saturated carbocycles. The van der Waals surface area contributed by atoms with Crippen molar-refractivity contribution in [2.24, 2.45) is 7.05 Å². The Bertz CT molecular complexity index is 982. The third kappa shape index (κ3) is 4.77. The maximum absolute atomic E-state index is 12.6. The molecule has 1 aromatic carbocycles. The predicted octanol–water partition coefficient (Wildman–Crippen LogP) is 2.24. The first-order chi connectivity index (χ1) is 13.0. The zero-order valence-electron chi connectivity index (χ0n) is 14.8. The standard InChI is InChI=1S/C19H19ClN4O3/c1-23-9-7-16(25)18(27-13-14-5-3-2-4-6-14)17(23)19(26)21-8-10-24-12-15(20)11-22-24/h2-7,9,11-12H,8,10,13H2,1H3,(H,21,26). The zero-order valence-corrected chi connectivity index (χ0v) is 15.5. The summed E-state index contributed by atoms with van der Waals surface area (Å²) in [5.74, 6) is -0.361. The number of amides is 1. The van der Waals surface area contributed by atoms with Crippen LogP contribution in [0.15, 0.2) is 59.8 Å². The van der Waals surface area contributed by atoms with E-state index in [0.29, 0.717) is 18.1 Å². The molecule has 0 atom stereocenters. The van der Waals surface area contributed by atoms with Crippen LogP contribution < -0.4 is 15.5 Å². The fourth-order valence-electron chi connectivity index (χ4n) is 2.57. The Labute approximate surface area is 161 Å². The second kappa shape index (κ2) is 8.55. The molecule has 3 rings (SSSR count). The molecular weight excluding hydrogens is 368 g/mol. The lowest BCUT2D eigenvalue weighted by Crippen LogP contribution is -2.31. The quantitative estimate of drug-likeness (QED) is 0.675. The Morgan fingerprint density at radius 3 is 2.74 bits per heavy atom. The number of nitrogens with one attached hydrogen (secondary N) is 1. The number of carbonyl (C=O) groups excluding carboxylic acids is 1. The van der Waals surface area contributed by atoms with Crippen molar-refractivity contribution in [1.29, 1.82) is 0 Å². The van der Waals surface area contributed by atoms with E-state index in [2.05, 4.69) is 10.4 Å². The molecule has 3 aromatic rings. The van der Waals surface area contributed by atoms with Crippen LogP contribution in [0.25, 0.3) is 0 Å². The van der Waals surface area contributed by atoms with Crippen LogP contribution in [0.1, 0.15) is 16.1 Å². The van der Waals surface area contributed by atoms with Crippen molar-refractivity contribution < 1.29 is 9.53 Å². The van der Waals surface area contributed by atoms with Crippen LogP contribution in [0.2, 0.25) is 5.02 Å². The van der Waals surface area contributed by atoms with E-state index in [9.17, 15) is 9.59 Å². The average molecular weight is 387 g/mol. The summed E-state index contributed by atoms with van der Waals surface area (Å²) >= 11 is 5.82. The summed E-state index contributed by atoms with van der Waals surface area (Å²) in [5, 5.41) is 7.36. The molecule has 27 heavy (non-hydrogen) atoms. The molecule has 0 bridgehead atoms. The first kappa shape index (κ1) is 18.7. The number of halogens is 1. The summed E-state index contributed by atoms with van der Waals surface area (Å²) in [6, 6.07) is 10.8. The predicted molar refractivity (Wildman–Crippen MR) is 102 cm³/mol. The van der Waals surface area contributed by atoms with Crippen molar-refractivity contribution in [3.05, 3.63) is 81.5 Å². The van der Waals surface area contributed by atoms with E-state index in [1.54, 1.807) is 28.7 Å². The highest BCUT2D eigenvalue weighted by Crippen LogP contribution is 2.14. The molecule has 0 aliphatic carbocycles. The monoisotopic (exact) mass is 386 g/mol. The topological polar surface area (TPSA) is 78.1 Å². The van der Waals surface area contributed by atoms with Crippen LogP contribution in [-0.2, 0) is 20.2 Å². The lowest BCUT2D eigenvalue weighted by molar-refractivity contribution is 0.0937. The molecule has 2 aromatic heterocycles. The highest BCUT2D eigenvalue weighted by Gasteiger charge is 2.18. The minimum Gasteiger partial charge on any atom is -0.483 e. The van der Waals surface area contributed by atoms with E-state index in [-0.39, 0.29) is 23.5 Å². The van der Waals surface area contributed by atoms with Gasteiger partial charge in [-0.05, 0) is 5.56 Å². The zero-order chi connectivity index (χ0) is 19.2. The second-order valence-corrected chi connectivity index (χ2v) is 6.36. The molecule has 0 fully saturated rings. The Morgan fingerprint density at radius 2 is 2.04 bits per heavy atom. The minimum atomic E-state index is -0.392. The van der Waals surface area contributed by atoms with E-state index in [4.69, 9.17) is 16.3 Å². The molecular formula is C19H19ClN4O3. The molecule has 0 saturated heterocycles. The van der Waals surface area contributed by atoms with E-state index >= 15 is 0 Å². The average Bonchev–Trinajstić information content (AvgIpc) is 3.08. The Hall–Kier alpha value is -3.06. The number of aromatic nitrogens is 3. The SMILES string of the molecule is Cn1ccc(=O)c(OCc2ccccc2)c1C(=O)NCCn1cc(Cl)cn1. The highest BCUT2D eigenvalue weighted by molar-refractivity contribution is 6.30. The first-order valence-corrected chi connectivity index (χ1v) is 8.75. The minimum absolute atomic E-state index is 0.0310. The summed E-state index contributed by atoms with van der Waals surface area (Å²) < 4.78 is 8.89. The number of benzene rings is 1. The molecule has 0 radical (unpaired) electrons. The molecule has 1 N–H and O–H groups in total. The van der Waals surface area contributed by atoms with Crippen LogP contribution in [0.5, 0.6) is 5.75 Å². The number of aryl methyl sites for hydroxylation is 1. The Kier molecular flexibility index (Phi) is 5.93. The third-order valence-corrected chi connectivity index (χ3v) is 4.11. The fraction of sp³-hybridized carbons (Fsp3) is 0.211. The third-order valence-electron chi connectivity index (χ3n) is 3.91. The number of nitrogens with zero attached hydrogens (tertiary/aromatic N) is 3. The molecule has 7 nitrogen and oxygen atoms in total. The van der Waals surface area contributed by atoms with E-state index < -0.39 is 5.91 Å². The number of hydrogen-bond donors (Lipinski definition) is 1. The van der Waals surface area contributed by atoms with Gasteiger partial charge < -0.3 is 14.6 Å². The largest absolute Gasteiger partial charge is 0.483 e. The van der Waals surface area contributed by atoms with Crippen molar-refractivity contribution in [2.75, 3.05) is 6.54 Å². The molecule has 1 amide bonds. The van der Waals surface area contributed by atoms with E-state index in [1.165, 1.54) is 12.3 Å². The fourth-order valence-corrected chi connectivity index (χ4v) is 2.72. The van der Waals surface area contributed by atoms with Crippen molar-refractivity contribution >= 4 is 17.5 Å². The number of carbonyl (C=O) groups is 1. The second-order valence-electron chi connectivity index (χ2n) is 5.92. The molecule has 140 valence electrons. The van der Waals surface area contributed by atoms with Gasteiger partial charge in [0, 0.05) is 32.1 Å². The lowest BCUT2D eigenvalue weighted by atomic mass is 10.2. The van der Waals surface area contributed by atoms with Gasteiger partial charge in [-0.3, -0.25) is 14.3 Å². The molecule has 8 heteroatoms. The number of hydrogen-bond acceptors (Lipinski definition) is 4. The van der Waals surface area contributed by atoms with Crippen molar-refractivity contribution in [1.82, 2.24) is 19.7 Å². The molecule has 0 spiro atoms. The summed E-state index contributed by atoms with van der Waals surface area (Å²) in [6.07, 6.45) is 4.74. The maximum atomic E-state index is 12.6. The molecule has 2 heterocycles. The van der Waals surface area contributed by atoms with Crippen LogP contribution in [0.3, 0.4) is 0 Å². The first-order valence-electron chi connectivity index (χ1n) is 8.37. The smallest absolute Gasteiger partial charge is 0.271 e. The van der Waals surface area contributed by atoms with Gasteiger partial charge in [-0.1, -0.05) is 41.9 Å². The lowest BCUT2D eigenvalue weighted by Gasteiger charge is -2.14. The molecule has 0 unspecified atom stereocenters. The van der Waals surface area contributed by atoms with Gasteiger partial charge in [0.25, 0.3) is 5.91 Å². The van der Waals surface area contributed by atoms with E-state index in [1.807, 2.05) is 30.3 Å². The van der Waals surface area contributed by atoms with Gasteiger partial charge in [0.1, 0.15) is 6.61 Å². The number of rotatable bonds is 7. The van der Waals surface area contributed by atoms with E-state index in [0.717, 1.165) is 5.56 Å². The van der Waals surface area contributed by atoms with Crippen LogP contribution in [-0.4, -0.2) is 26.8 Å². The summed E-state index contributed by atoms with van der Waals surface area (Å²) in [7, 11) is 1.69. The van der Waals surface area contributed by atoms with Gasteiger partial charge in [-0.15, -0.1) is 0 Å². The van der Waals surface area contributed by atoms with Gasteiger partial charge in [0.15, 0.2) is 11.4 Å². The Balaban J connectivity index is 1.72. The van der Waals surface area contributed by atoms with Gasteiger partial charge in [0.2, 0.25) is 5.43 Å². The van der Waals surface area contributed by atoms with Crippen LogP contribution in [0.4, 0.5) is 0 Å². The van der Waals surface area contributed by atoms with Crippen LogP contribution in [0, 0.1) is 0 Å². The summed E-state index contributed by atoms with van der Waals surface area (Å²) in [6.45, 7) is 0.990. The highest BCUT2D eigenvalue weighted by atomic mass is 35.5. The Morgan fingerprint density at radius 1 is 1.26 bits per heavy atom. The van der Waals surface area contributed by atoms with Gasteiger partial charge >= 0.3 is 0 Å². The number of pyridine rings is 1. The van der Waals surface area contributed by atoms with Crippen LogP contribution >= 0.6 is 11.6 Å². The maximum Gasteiger partial charge on any atom is 0.271 e. The van der Waals surface area contributed by atoms with Gasteiger partial charge in [-0.2, -0.15) is 5.10 Å². The van der Waals surface area contributed by atoms with Crippen molar-refractivity contribution in [3.63, 3.8) is 0 Å². The van der Waals surface area contributed by atoms with Gasteiger partial charge in [-0.25, -0.2) is 0 Å². The summed E-state index contributed by atoms with van der Waals surface area (Å²) in [4.78, 5) is 24.9. The summed E-state index contributed by atoms with van der Waals surface area (Å²) in [5.41, 5.74) is 0.746. The van der Waals surface area contributed by atoms with Crippen molar-refractivity contribution in [3.8, 4) is 5.75 Å². The number of ether oxygens (including phenoxy) is 1. The van der Waals surface area contributed by atoms with Gasteiger partial charge in [0.05, 0.1) is 17.8 Å². The molecule has 0 aliphatic heterocycles. The normalized spacial score (nSPS) is 10.6.